The van der Waals surface area contributed by atoms with Gasteiger partial charge in [-0.15, -0.1) is 0 Å². The van der Waals surface area contributed by atoms with E-state index < -0.39 is 0 Å². The molecule has 12 heavy (non-hydrogen) atoms. The van der Waals surface area contributed by atoms with E-state index in [-0.39, 0.29) is 0 Å². The number of hydrogen-bond acceptors (Lipinski definition) is 1. The number of hydrogen-bond donors (Lipinski definition) is 0. The fourth-order valence-electron chi connectivity index (χ4n) is 1.15. The fourth-order valence-corrected chi connectivity index (χ4v) is 1.69. The van der Waals surface area contributed by atoms with Crippen LogP contribution in [0.2, 0.25) is 0 Å². The number of carbonyl (C=O) groups excluding carboxylic acids is 1. The SMILES string of the molecule is Cc1cc(C=O)c(C)c(Br)c1C. The number of aryl methyl sites for hydroxylation is 1. The maximum Gasteiger partial charge on any atom is 0.150 e. The second-order valence-corrected chi connectivity index (χ2v) is 3.76. The first kappa shape index (κ1) is 9.46. The van der Waals surface area contributed by atoms with Gasteiger partial charge in [-0.3, -0.25) is 4.79 Å². The summed E-state index contributed by atoms with van der Waals surface area (Å²) < 4.78 is 1.05. The van der Waals surface area contributed by atoms with E-state index in [1.165, 1.54) is 5.56 Å². The molecule has 0 amide bonds. The molecule has 0 heterocycles. The minimum Gasteiger partial charge on any atom is -0.298 e. The van der Waals surface area contributed by atoms with Crippen LogP contribution in [-0.2, 0) is 0 Å². The highest BCUT2D eigenvalue weighted by atomic mass is 79.9. The fraction of sp³-hybridized carbons (Fsp3) is 0.300. The number of carbonyl (C=O) groups is 1. The quantitative estimate of drug-likeness (QED) is 0.673. The molecule has 0 bridgehead atoms. The summed E-state index contributed by atoms with van der Waals surface area (Å²) in [6.45, 7) is 5.99. The molecule has 0 saturated heterocycles. The summed E-state index contributed by atoms with van der Waals surface area (Å²) in [7, 11) is 0. The summed E-state index contributed by atoms with van der Waals surface area (Å²) in [4.78, 5) is 10.6. The molecule has 0 N–H and O–H groups in total. The highest BCUT2D eigenvalue weighted by Gasteiger charge is 2.06. The van der Waals surface area contributed by atoms with Crippen molar-refractivity contribution < 1.29 is 4.79 Å². The van der Waals surface area contributed by atoms with Crippen LogP contribution >= 0.6 is 15.9 Å². The third-order valence-corrected chi connectivity index (χ3v) is 3.37. The van der Waals surface area contributed by atoms with Crippen molar-refractivity contribution >= 4 is 22.2 Å². The third-order valence-electron chi connectivity index (χ3n) is 2.18. The van der Waals surface area contributed by atoms with Gasteiger partial charge >= 0.3 is 0 Å². The van der Waals surface area contributed by atoms with Gasteiger partial charge < -0.3 is 0 Å². The van der Waals surface area contributed by atoms with Crippen molar-refractivity contribution in [3.8, 4) is 0 Å². The van der Waals surface area contributed by atoms with Gasteiger partial charge in [-0.1, -0.05) is 15.9 Å². The van der Waals surface area contributed by atoms with Gasteiger partial charge in [0.2, 0.25) is 0 Å². The Morgan fingerprint density at radius 3 is 2.33 bits per heavy atom. The lowest BCUT2D eigenvalue weighted by atomic mass is 10.0. The first-order chi connectivity index (χ1) is 5.57. The van der Waals surface area contributed by atoms with Crippen LogP contribution < -0.4 is 0 Å². The highest BCUT2D eigenvalue weighted by Crippen LogP contribution is 2.25. The zero-order chi connectivity index (χ0) is 9.30. The normalized spacial score (nSPS) is 10.0. The third kappa shape index (κ3) is 1.44. The van der Waals surface area contributed by atoms with Crippen molar-refractivity contribution in [2.75, 3.05) is 0 Å². The Balaban J connectivity index is 3.49. The summed E-state index contributed by atoms with van der Waals surface area (Å²) in [6.07, 6.45) is 0.895. The second-order valence-electron chi connectivity index (χ2n) is 2.96. The van der Waals surface area contributed by atoms with E-state index in [2.05, 4.69) is 15.9 Å². The lowest BCUT2D eigenvalue weighted by Gasteiger charge is -2.08. The summed E-state index contributed by atoms with van der Waals surface area (Å²) in [5, 5.41) is 0. The summed E-state index contributed by atoms with van der Waals surface area (Å²) in [5.41, 5.74) is 4.14. The van der Waals surface area contributed by atoms with Crippen molar-refractivity contribution in [1.82, 2.24) is 0 Å². The largest absolute Gasteiger partial charge is 0.298 e. The van der Waals surface area contributed by atoms with Crippen molar-refractivity contribution in [3.05, 3.63) is 32.8 Å². The summed E-state index contributed by atoms with van der Waals surface area (Å²) >= 11 is 3.46. The molecule has 0 spiro atoms. The van der Waals surface area contributed by atoms with Crippen molar-refractivity contribution in [2.24, 2.45) is 0 Å². The molecule has 0 atom stereocenters. The van der Waals surface area contributed by atoms with Crippen molar-refractivity contribution in [2.45, 2.75) is 20.8 Å². The van der Waals surface area contributed by atoms with E-state index in [9.17, 15) is 4.79 Å². The van der Waals surface area contributed by atoms with E-state index in [0.29, 0.717) is 0 Å². The highest BCUT2D eigenvalue weighted by molar-refractivity contribution is 9.10. The standard InChI is InChI=1S/C10H11BrO/c1-6-4-9(5-12)8(3)10(11)7(6)2/h4-5H,1-3H3. The lowest BCUT2D eigenvalue weighted by Crippen LogP contribution is -1.93. The number of rotatable bonds is 1. The molecule has 0 aliphatic heterocycles. The molecular weight excluding hydrogens is 216 g/mol. The zero-order valence-electron chi connectivity index (χ0n) is 7.44. The first-order valence-corrected chi connectivity index (χ1v) is 4.58. The monoisotopic (exact) mass is 226 g/mol. The second kappa shape index (κ2) is 3.40. The summed E-state index contributed by atoms with van der Waals surface area (Å²) in [5.74, 6) is 0. The number of halogens is 1. The molecule has 0 fully saturated rings. The number of benzene rings is 1. The molecule has 0 aliphatic carbocycles. The van der Waals surface area contributed by atoms with E-state index in [4.69, 9.17) is 0 Å². The van der Waals surface area contributed by atoms with E-state index in [0.717, 1.165) is 27.4 Å². The molecule has 0 radical (unpaired) electrons. The Morgan fingerprint density at radius 2 is 1.83 bits per heavy atom. The number of aldehydes is 1. The molecule has 1 aromatic rings. The smallest absolute Gasteiger partial charge is 0.150 e. The van der Waals surface area contributed by atoms with Gasteiger partial charge in [-0.05, 0) is 43.5 Å². The lowest BCUT2D eigenvalue weighted by molar-refractivity contribution is 0.112. The van der Waals surface area contributed by atoms with Gasteiger partial charge in [0.1, 0.15) is 6.29 Å². The zero-order valence-corrected chi connectivity index (χ0v) is 9.03. The van der Waals surface area contributed by atoms with E-state index in [1.807, 2.05) is 26.8 Å². The van der Waals surface area contributed by atoms with Crippen molar-refractivity contribution in [1.29, 1.82) is 0 Å². The van der Waals surface area contributed by atoms with Crippen molar-refractivity contribution in [3.63, 3.8) is 0 Å². The van der Waals surface area contributed by atoms with Crippen LogP contribution in [0.4, 0.5) is 0 Å². The van der Waals surface area contributed by atoms with Gasteiger partial charge in [0.05, 0.1) is 0 Å². The molecule has 0 saturated carbocycles. The van der Waals surface area contributed by atoms with Crippen LogP contribution in [0.5, 0.6) is 0 Å². The molecule has 64 valence electrons. The molecule has 1 nitrogen and oxygen atoms in total. The molecule has 1 aromatic carbocycles. The summed E-state index contributed by atoms with van der Waals surface area (Å²) in [6, 6.07) is 1.92. The molecule has 0 aliphatic rings. The van der Waals surface area contributed by atoms with Gasteiger partial charge in [-0.25, -0.2) is 0 Å². The predicted octanol–water partition coefficient (Wildman–Crippen LogP) is 3.19. The van der Waals surface area contributed by atoms with Crippen LogP contribution in [0.15, 0.2) is 10.5 Å². The average molecular weight is 227 g/mol. The van der Waals surface area contributed by atoms with Gasteiger partial charge in [0, 0.05) is 10.0 Å². The van der Waals surface area contributed by atoms with Crippen LogP contribution in [0.3, 0.4) is 0 Å². The molecule has 0 aromatic heterocycles. The topological polar surface area (TPSA) is 17.1 Å². The predicted molar refractivity (Wildman–Crippen MR) is 53.7 cm³/mol. The molecule has 2 heteroatoms. The molecule has 0 unspecified atom stereocenters. The minimum atomic E-state index is 0.768. The van der Waals surface area contributed by atoms with Crippen LogP contribution in [-0.4, -0.2) is 6.29 Å². The van der Waals surface area contributed by atoms with E-state index in [1.54, 1.807) is 0 Å². The van der Waals surface area contributed by atoms with Crippen LogP contribution in [0.25, 0.3) is 0 Å². The van der Waals surface area contributed by atoms with Crippen LogP contribution in [0, 0.1) is 20.8 Å². The Bertz CT molecular complexity index is 329. The molecular formula is C10H11BrO. The van der Waals surface area contributed by atoms with Gasteiger partial charge in [0.25, 0.3) is 0 Å². The van der Waals surface area contributed by atoms with E-state index >= 15 is 0 Å². The maximum absolute atomic E-state index is 10.6. The Kier molecular flexibility index (Phi) is 2.68. The first-order valence-electron chi connectivity index (χ1n) is 3.79. The Hall–Kier alpha value is -0.630. The maximum atomic E-state index is 10.6. The Labute approximate surface area is 80.9 Å². The average Bonchev–Trinajstić information content (AvgIpc) is 2.08. The Morgan fingerprint density at radius 1 is 1.25 bits per heavy atom. The van der Waals surface area contributed by atoms with Gasteiger partial charge in [-0.2, -0.15) is 0 Å². The van der Waals surface area contributed by atoms with Gasteiger partial charge in [0.15, 0.2) is 0 Å². The minimum absolute atomic E-state index is 0.768. The molecule has 1 rings (SSSR count). The van der Waals surface area contributed by atoms with Crippen LogP contribution in [0.1, 0.15) is 27.0 Å².